The lowest BCUT2D eigenvalue weighted by atomic mass is 10.0. The SMILES string of the molecule is Nc1nc2[nH]cc(CCc3ccc(C(=O)NCCCCNC(=O)c4ccccc4C(=O)O)cc3)c2c(=O)[nH]1. The number of aromatic nitrogens is 3. The van der Waals surface area contributed by atoms with Gasteiger partial charge in [0.1, 0.15) is 5.65 Å². The number of amides is 2. The van der Waals surface area contributed by atoms with Crippen molar-refractivity contribution in [2.75, 3.05) is 18.8 Å². The average Bonchev–Trinajstić information content (AvgIpc) is 3.32. The number of rotatable bonds is 11. The van der Waals surface area contributed by atoms with Gasteiger partial charge in [-0.25, -0.2) is 4.79 Å². The fraction of sp³-hybridized carbons (Fsp3) is 0.222. The van der Waals surface area contributed by atoms with Gasteiger partial charge in [-0.2, -0.15) is 4.98 Å². The first-order valence-corrected chi connectivity index (χ1v) is 12.2. The van der Waals surface area contributed by atoms with Gasteiger partial charge in [-0.3, -0.25) is 19.4 Å². The number of carboxylic acids is 1. The van der Waals surface area contributed by atoms with Crippen LogP contribution in [0.2, 0.25) is 0 Å². The highest BCUT2D eigenvalue weighted by Gasteiger charge is 2.15. The first-order chi connectivity index (χ1) is 18.3. The molecule has 0 saturated heterocycles. The molecule has 0 fully saturated rings. The summed E-state index contributed by atoms with van der Waals surface area (Å²) in [6.45, 7) is 0.804. The van der Waals surface area contributed by atoms with Crippen molar-refractivity contribution in [1.29, 1.82) is 0 Å². The van der Waals surface area contributed by atoms with E-state index < -0.39 is 11.9 Å². The monoisotopic (exact) mass is 516 g/mol. The average molecular weight is 517 g/mol. The number of nitrogens with two attached hydrogens (primary N) is 1. The molecule has 4 aromatic rings. The summed E-state index contributed by atoms with van der Waals surface area (Å²) in [7, 11) is 0. The van der Waals surface area contributed by atoms with Crippen LogP contribution in [0.1, 0.15) is 55.0 Å². The summed E-state index contributed by atoms with van der Waals surface area (Å²) in [4.78, 5) is 57.7. The number of hydrogen-bond donors (Lipinski definition) is 6. The van der Waals surface area contributed by atoms with Crippen molar-refractivity contribution in [2.24, 2.45) is 0 Å². The number of carboxylic acid groups (broad SMARTS) is 1. The number of carbonyl (C=O) groups is 3. The maximum Gasteiger partial charge on any atom is 0.336 e. The molecule has 0 radical (unpaired) electrons. The Labute approximate surface area is 217 Å². The molecule has 0 aliphatic heterocycles. The molecule has 0 spiro atoms. The fourth-order valence-corrected chi connectivity index (χ4v) is 4.14. The van der Waals surface area contributed by atoms with E-state index in [-0.39, 0.29) is 28.5 Å². The largest absolute Gasteiger partial charge is 0.478 e. The number of H-pyrrole nitrogens is 2. The third-order valence-electron chi connectivity index (χ3n) is 6.12. The van der Waals surface area contributed by atoms with Gasteiger partial charge in [-0.15, -0.1) is 0 Å². The maximum absolute atomic E-state index is 12.4. The van der Waals surface area contributed by atoms with E-state index >= 15 is 0 Å². The van der Waals surface area contributed by atoms with Gasteiger partial charge in [-0.1, -0.05) is 24.3 Å². The van der Waals surface area contributed by atoms with Gasteiger partial charge in [0.15, 0.2) is 0 Å². The number of carbonyl (C=O) groups excluding carboxylic acids is 2. The number of nitrogens with zero attached hydrogens (tertiary/aromatic N) is 1. The number of unbranched alkanes of at least 4 members (excludes halogenated alkanes) is 1. The molecule has 2 aromatic carbocycles. The number of fused-ring (bicyclic) bond motifs is 1. The van der Waals surface area contributed by atoms with Crippen LogP contribution in [-0.2, 0) is 12.8 Å². The van der Waals surface area contributed by atoms with E-state index in [2.05, 4.69) is 25.6 Å². The minimum atomic E-state index is -1.15. The van der Waals surface area contributed by atoms with Crippen LogP contribution in [0.3, 0.4) is 0 Å². The Balaban J connectivity index is 1.19. The van der Waals surface area contributed by atoms with Crippen LogP contribution in [0.4, 0.5) is 5.95 Å². The zero-order valence-electron chi connectivity index (χ0n) is 20.5. The highest BCUT2D eigenvalue weighted by atomic mass is 16.4. The third kappa shape index (κ3) is 6.25. The lowest BCUT2D eigenvalue weighted by Crippen LogP contribution is -2.28. The van der Waals surface area contributed by atoms with Crippen molar-refractivity contribution in [2.45, 2.75) is 25.7 Å². The molecule has 4 rings (SSSR count). The smallest absolute Gasteiger partial charge is 0.336 e. The predicted octanol–water partition coefficient (Wildman–Crippen LogP) is 2.26. The van der Waals surface area contributed by atoms with Gasteiger partial charge in [0, 0.05) is 24.8 Å². The Morgan fingerprint density at radius 1 is 0.895 bits per heavy atom. The zero-order valence-corrected chi connectivity index (χ0v) is 20.5. The van der Waals surface area contributed by atoms with E-state index in [1.54, 1.807) is 30.5 Å². The minimum absolute atomic E-state index is 0.0422. The van der Waals surface area contributed by atoms with Crippen molar-refractivity contribution in [3.05, 3.63) is 92.9 Å². The van der Waals surface area contributed by atoms with E-state index in [4.69, 9.17) is 5.73 Å². The molecule has 2 amide bonds. The summed E-state index contributed by atoms with van der Waals surface area (Å²) >= 11 is 0. The summed E-state index contributed by atoms with van der Waals surface area (Å²) in [6, 6.07) is 13.3. The quantitative estimate of drug-likeness (QED) is 0.165. The molecular weight excluding hydrogens is 488 g/mol. The molecule has 0 unspecified atom stereocenters. The highest BCUT2D eigenvalue weighted by Crippen LogP contribution is 2.16. The first-order valence-electron chi connectivity index (χ1n) is 12.2. The summed E-state index contributed by atoms with van der Waals surface area (Å²) in [5, 5.41) is 15.3. The van der Waals surface area contributed by atoms with E-state index in [1.807, 2.05) is 12.1 Å². The van der Waals surface area contributed by atoms with Gasteiger partial charge in [0.25, 0.3) is 17.4 Å². The Kier molecular flexibility index (Phi) is 8.17. The zero-order chi connectivity index (χ0) is 27.1. The molecule has 0 atom stereocenters. The summed E-state index contributed by atoms with van der Waals surface area (Å²) in [5.74, 6) is -1.72. The van der Waals surface area contributed by atoms with Gasteiger partial charge in [0.05, 0.1) is 16.5 Å². The Hall–Kier alpha value is -4.93. The van der Waals surface area contributed by atoms with Crippen molar-refractivity contribution in [3.63, 3.8) is 0 Å². The van der Waals surface area contributed by atoms with Crippen LogP contribution in [-0.4, -0.2) is 50.9 Å². The van der Waals surface area contributed by atoms with Crippen LogP contribution in [0.25, 0.3) is 11.0 Å². The minimum Gasteiger partial charge on any atom is -0.478 e. The maximum atomic E-state index is 12.4. The van der Waals surface area contributed by atoms with Crippen LogP contribution in [0.5, 0.6) is 0 Å². The molecule has 0 aliphatic rings. The molecule has 2 aromatic heterocycles. The number of anilines is 1. The number of aromatic carboxylic acids is 1. The van der Waals surface area contributed by atoms with Crippen molar-refractivity contribution in [1.82, 2.24) is 25.6 Å². The topological polar surface area (TPSA) is 183 Å². The highest BCUT2D eigenvalue weighted by molar-refractivity contribution is 6.04. The fourth-order valence-electron chi connectivity index (χ4n) is 4.14. The lowest BCUT2D eigenvalue weighted by molar-refractivity contribution is 0.0690. The van der Waals surface area contributed by atoms with E-state index in [1.165, 1.54) is 12.1 Å². The van der Waals surface area contributed by atoms with Crippen molar-refractivity contribution < 1.29 is 19.5 Å². The summed E-state index contributed by atoms with van der Waals surface area (Å²) < 4.78 is 0. The van der Waals surface area contributed by atoms with E-state index in [0.29, 0.717) is 55.4 Å². The van der Waals surface area contributed by atoms with Crippen LogP contribution >= 0.6 is 0 Å². The Morgan fingerprint density at radius 2 is 1.55 bits per heavy atom. The van der Waals surface area contributed by atoms with Gasteiger partial charge >= 0.3 is 5.97 Å². The second-order valence-electron chi connectivity index (χ2n) is 8.76. The molecule has 0 saturated carbocycles. The molecule has 11 nitrogen and oxygen atoms in total. The number of nitrogen functional groups attached to an aromatic ring is 1. The molecule has 196 valence electrons. The van der Waals surface area contributed by atoms with Crippen LogP contribution in [0.15, 0.2) is 59.5 Å². The Morgan fingerprint density at radius 3 is 2.24 bits per heavy atom. The van der Waals surface area contributed by atoms with Crippen molar-refractivity contribution in [3.8, 4) is 0 Å². The van der Waals surface area contributed by atoms with Gasteiger partial charge in [-0.05, 0) is 61.1 Å². The second-order valence-corrected chi connectivity index (χ2v) is 8.76. The van der Waals surface area contributed by atoms with Gasteiger partial charge < -0.3 is 26.5 Å². The summed E-state index contributed by atoms with van der Waals surface area (Å²) in [5.41, 5.74) is 8.25. The molecule has 38 heavy (non-hydrogen) atoms. The lowest BCUT2D eigenvalue weighted by Gasteiger charge is -2.09. The number of aryl methyl sites for hydroxylation is 2. The first kappa shape index (κ1) is 26.1. The van der Waals surface area contributed by atoms with Crippen LogP contribution < -0.4 is 21.9 Å². The van der Waals surface area contributed by atoms with E-state index in [9.17, 15) is 24.3 Å². The standard InChI is InChI=1S/C27H28N6O5/c28-27-32-22-21(25(36)33-27)18(15-31-22)12-9-16-7-10-17(11-8-16)23(34)29-13-3-4-14-30-24(35)19-5-1-2-6-20(19)26(37)38/h1-2,5-8,10-11,15H,3-4,9,12-14H2,(H,29,34)(H,30,35)(H,37,38)(H4,28,31,32,33,36). The predicted molar refractivity (Wildman–Crippen MR) is 142 cm³/mol. The summed E-state index contributed by atoms with van der Waals surface area (Å²) in [6.07, 6.45) is 4.34. The molecule has 11 heteroatoms. The second kappa shape index (κ2) is 11.9. The van der Waals surface area contributed by atoms with Crippen LogP contribution in [0, 0.1) is 0 Å². The van der Waals surface area contributed by atoms with E-state index in [0.717, 1.165) is 11.1 Å². The Bertz CT molecular complexity index is 1520. The number of aromatic amines is 2. The normalized spacial score (nSPS) is 10.8. The molecule has 0 aliphatic carbocycles. The number of hydrogen-bond acceptors (Lipinski definition) is 6. The molecule has 2 heterocycles. The van der Waals surface area contributed by atoms with Crippen molar-refractivity contribution >= 4 is 34.8 Å². The number of benzene rings is 2. The molecular formula is C27H28N6O5. The molecule has 0 bridgehead atoms. The number of nitrogens with one attached hydrogen (secondary N) is 4. The van der Waals surface area contributed by atoms with Gasteiger partial charge in [0.2, 0.25) is 5.95 Å². The molecule has 7 N–H and O–H groups in total. The third-order valence-corrected chi connectivity index (χ3v) is 6.12.